The molecular weight excluding hydrogens is 268 g/mol. The van der Waals surface area contributed by atoms with Gasteiger partial charge in [-0.3, -0.25) is 13.9 Å². The Kier molecular flexibility index (Phi) is 4.47. The molecule has 1 aromatic heterocycles. The topological polar surface area (TPSA) is 82.1 Å². The summed E-state index contributed by atoms with van der Waals surface area (Å²) in [5.74, 6) is -0.250. The monoisotopic (exact) mass is 288 g/mol. The number of imidazole rings is 1. The highest BCUT2D eigenvalue weighted by Crippen LogP contribution is 2.20. The van der Waals surface area contributed by atoms with Crippen LogP contribution < -0.4 is 16.7 Å². The number of carbonyl (C=O) groups excluding carboxylic acids is 1. The molecule has 0 saturated carbocycles. The summed E-state index contributed by atoms with van der Waals surface area (Å²) in [6.45, 7) is 4.49. The Morgan fingerprint density at radius 2 is 2.00 bits per heavy atom. The van der Waals surface area contributed by atoms with E-state index in [9.17, 15) is 9.59 Å². The maximum absolute atomic E-state index is 12.0. The molecule has 1 aromatic carbocycles. The molecule has 0 radical (unpaired) electrons. The highest BCUT2D eigenvalue weighted by Gasteiger charge is 2.09. The van der Waals surface area contributed by atoms with Gasteiger partial charge in [-0.15, -0.1) is 0 Å². The molecule has 0 bridgehead atoms. The minimum Gasteiger partial charge on any atom is -0.398 e. The molecule has 6 heteroatoms. The van der Waals surface area contributed by atoms with E-state index >= 15 is 0 Å². The zero-order valence-corrected chi connectivity index (χ0v) is 12.3. The van der Waals surface area contributed by atoms with Crippen LogP contribution in [0.1, 0.15) is 18.9 Å². The maximum atomic E-state index is 12.0. The molecule has 112 valence electrons. The molecule has 3 N–H and O–H groups in total. The lowest BCUT2D eigenvalue weighted by Gasteiger charge is -2.10. The second-order valence-electron chi connectivity index (χ2n) is 4.97. The normalized spacial score (nSPS) is 10.6. The van der Waals surface area contributed by atoms with Crippen molar-refractivity contribution in [3.63, 3.8) is 0 Å². The number of anilines is 2. The number of aromatic nitrogens is 2. The van der Waals surface area contributed by atoms with Crippen molar-refractivity contribution in [2.24, 2.45) is 0 Å². The number of nitrogens with zero attached hydrogens (tertiary/aromatic N) is 2. The number of nitrogen functional groups attached to an aromatic ring is 1. The minimum absolute atomic E-state index is 0.0101. The van der Waals surface area contributed by atoms with Crippen LogP contribution in [0.15, 0.2) is 35.4 Å². The van der Waals surface area contributed by atoms with Gasteiger partial charge in [0.15, 0.2) is 0 Å². The summed E-state index contributed by atoms with van der Waals surface area (Å²) in [6, 6.07) is 5.34. The predicted molar refractivity (Wildman–Crippen MR) is 83.2 cm³/mol. The summed E-state index contributed by atoms with van der Waals surface area (Å²) >= 11 is 0. The van der Waals surface area contributed by atoms with Gasteiger partial charge in [0, 0.05) is 30.3 Å². The first-order valence-electron chi connectivity index (χ1n) is 6.93. The molecule has 6 nitrogen and oxygen atoms in total. The summed E-state index contributed by atoms with van der Waals surface area (Å²) in [6.07, 6.45) is 4.20. The Hall–Kier alpha value is -2.50. The molecule has 2 rings (SSSR count). The summed E-state index contributed by atoms with van der Waals surface area (Å²) in [4.78, 5) is 24.0. The molecular formula is C15H20N4O2. The van der Waals surface area contributed by atoms with Crippen molar-refractivity contribution in [3.8, 4) is 0 Å². The number of aryl methyl sites for hydroxylation is 1. The Bertz CT molecular complexity index is 700. The lowest BCUT2D eigenvalue weighted by atomic mass is 10.1. The van der Waals surface area contributed by atoms with Crippen molar-refractivity contribution in [1.82, 2.24) is 9.13 Å². The minimum atomic E-state index is -0.250. The van der Waals surface area contributed by atoms with E-state index in [1.807, 2.05) is 13.8 Å². The number of hydrogen-bond donors (Lipinski definition) is 2. The van der Waals surface area contributed by atoms with Gasteiger partial charge in [-0.05, 0) is 31.0 Å². The average molecular weight is 288 g/mol. The van der Waals surface area contributed by atoms with Gasteiger partial charge in [-0.1, -0.05) is 13.0 Å². The largest absolute Gasteiger partial charge is 0.398 e. The van der Waals surface area contributed by atoms with E-state index in [2.05, 4.69) is 5.32 Å². The van der Waals surface area contributed by atoms with Crippen molar-refractivity contribution in [2.75, 3.05) is 11.1 Å². The third kappa shape index (κ3) is 3.34. The van der Waals surface area contributed by atoms with E-state index in [1.165, 1.54) is 4.57 Å². The second-order valence-corrected chi connectivity index (χ2v) is 4.97. The Labute approximate surface area is 123 Å². The average Bonchev–Trinajstić information content (AvgIpc) is 2.77. The van der Waals surface area contributed by atoms with Crippen LogP contribution in [0.2, 0.25) is 0 Å². The van der Waals surface area contributed by atoms with E-state index in [0.717, 1.165) is 12.0 Å². The molecule has 1 heterocycles. The van der Waals surface area contributed by atoms with Crippen molar-refractivity contribution >= 4 is 17.3 Å². The molecule has 0 aliphatic rings. The van der Waals surface area contributed by atoms with Crippen LogP contribution in [0, 0.1) is 6.92 Å². The van der Waals surface area contributed by atoms with E-state index in [-0.39, 0.29) is 18.1 Å². The van der Waals surface area contributed by atoms with E-state index in [1.54, 1.807) is 35.2 Å². The predicted octanol–water partition coefficient (Wildman–Crippen LogP) is 1.59. The SMILES string of the molecule is CCCn1ccn(CC(=O)Nc2cccc(N)c2C)c1=O. The second kappa shape index (κ2) is 6.30. The third-order valence-corrected chi connectivity index (χ3v) is 3.35. The van der Waals surface area contributed by atoms with Crippen molar-refractivity contribution in [1.29, 1.82) is 0 Å². The molecule has 0 unspecified atom stereocenters. The first-order valence-corrected chi connectivity index (χ1v) is 6.93. The number of rotatable bonds is 5. The van der Waals surface area contributed by atoms with Gasteiger partial charge in [0.25, 0.3) is 0 Å². The first kappa shape index (κ1) is 14.9. The van der Waals surface area contributed by atoms with E-state index < -0.39 is 0 Å². The van der Waals surface area contributed by atoms with Crippen LogP contribution in [-0.2, 0) is 17.9 Å². The number of nitrogens with two attached hydrogens (primary N) is 1. The van der Waals surface area contributed by atoms with E-state index in [4.69, 9.17) is 5.73 Å². The maximum Gasteiger partial charge on any atom is 0.328 e. The van der Waals surface area contributed by atoms with Crippen molar-refractivity contribution < 1.29 is 4.79 Å². The van der Waals surface area contributed by atoms with Gasteiger partial charge < -0.3 is 11.1 Å². The van der Waals surface area contributed by atoms with Crippen LogP contribution >= 0.6 is 0 Å². The van der Waals surface area contributed by atoms with Crippen LogP contribution in [-0.4, -0.2) is 15.0 Å². The number of benzene rings is 1. The lowest BCUT2D eigenvalue weighted by Crippen LogP contribution is -2.29. The van der Waals surface area contributed by atoms with Gasteiger partial charge in [-0.25, -0.2) is 4.79 Å². The highest BCUT2D eigenvalue weighted by atomic mass is 16.2. The van der Waals surface area contributed by atoms with Gasteiger partial charge in [-0.2, -0.15) is 0 Å². The molecule has 0 spiro atoms. The number of amides is 1. The fraction of sp³-hybridized carbons (Fsp3) is 0.333. The summed E-state index contributed by atoms with van der Waals surface area (Å²) in [5, 5.41) is 2.78. The Morgan fingerprint density at radius 1 is 1.29 bits per heavy atom. The molecule has 0 aliphatic heterocycles. The van der Waals surface area contributed by atoms with Crippen LogP contribution in [0.5, 0.6) is 0 Å². The number of carbonyl (C=O) groups is 1. The molecule has 0 atom stereocenters. The number of nitrogens with one attached hydrogen (secondary N) is 1. The quantitative estimate of drug-likeness (QED) is 0.820. The summed E-state index contributed by atoms with van der Waals surface area (Å²) in [5.41, 5.74) is 7.74. The zero-order chi connectivity index (χ0) is 15.4. The van der Waals surface area contributed by atoms with Crippen LogP contribution in [0.25, 0.3) is 0 Å². The van der Waals surface area contributed by atoms with Crippen LogP contribution in [0.3, 0.4) is 0 Å². The molecule has 0 saturated heterocycles. The smallest absolute Gasteiger partial charge is 0.328 e. The third-order valence-electron chi connectivity index (χ3n) is 3.35. The molecule has 21 heavy (non-hydrogen) atoms. The Balaban J connectivity index is 2.08. The lowest BCUT2D eigenvalue weighted by molar-refractivity contribution is -0.116. The zero-order valence-electron chi connectivity index (χ0n) is 12.3. The van der Waals surface area contributed by atoms with E-state index in [0.29, 0.717) is 17.9 Å². The number of hydrogen-bond acceptors (Lipinski definition) is 3. The molecule has 0 fully saturated rings. The summed E-state index contributed by atoms with van der Waals surface area (Å²) < 4.78 is 2.99. The standard InChI is InChI=1S/C15H20N4O2/c1-3-7-18-8-9-19(15(18)21)10-14(20)17-13-6-4-5-12(16)11(13)2/h4-6,8-9H,3,7,10,16H2,1-2H3,(H,17,20). The van der Waals surface area contributed by atoms with Crippen molar-refractivity contribution in [3.05, 3.63) is 46.6 Å². The van der Waals surface area contributed by atoms with Crippen molar-refractivity contribution in [2.45, 2.75) is 33.4 Å². The highest BCUT2D eigenvalue weighted by molar-refractivity contribution is 5.92. The van der Waals surface area contributed by atoms with Gasteiger partial charge in [0.2, 0.25) is 5.91 Å². The Morgan fingerprint density at radius 3 is 2.71 bits per heavy atom. The van der Waals surface area contributed by atoms with Gasteiger partial charge >= 0.3 is 5.69 Å². The fourth-order valence-electron chi connectivity index (χ4n) is 2.12. The molecule has 2 aromatic rings. The van der Waals surface area contributed by atoms with Gasteiger partial charge in [0.1, 0.15) is 6.54 Å². The summed E-state index contributed by atoms with van der Waals surface area (Å²) in [7, 11) is 0. The first-order chi connectivity index (χ1) is 10.0. The molecule has 0 aliphatic carbocycles. The van der Waals surface area contributed by atoms with Crippen LogP contribution in [0.4, 0.5) is 11.4 Å². The molecule has 1 amide bonds. The van der Waals surface area contributed by atoms with Gasteiger partial charge in [0.05, 0.1) is 0 Å². The fourth-order valence-corrected chi connectivity index (χ4v) is 2.12.